The fraction of sp³-hybridized carbons (Fsp3) is 0.350. The van der Waals surface area contributed by atoms with E-state index in [0.29, 0.717) is 35.0 Å². The standard InChI is InChI=1S/C20H22ClN5O5S/c1-13-9-14(2)20(16(21)10-13)22-19(27)12-31-26-18-11-15(3-4-17(18)23-24-26)32(28,29)25-5-7-30-8-6-25/h3-4,9-11H,5-8,12H2,1-2H3,(H,22,27). The number of ether oxygens (including phenoxy) is 1. The van der Waals surface area contributed by atoms with Gasteiger partial charge in [-0.3, -0.25) is 4.79 Å². The van der Waals surface area contributed by atoms with Gasteiger partial charge in [-0.1, -0.05) is 22.5 Å². The Balaban J connectivity index is 1.50. The molecule has 10 nitrogen and oxygen atoms in total. The van der Waals surface area contributed by atoms with Crippen LogP contribution in [0.5, 0.6) is 0 Å². The Morgan fingerprint density at radius 3 is 2.69 bits per heavy atom. The van der Waals surface area contributed by atoms with Gasteiger partial charge in [0.2, 0.25) is 10.0 Å². The lowest BCUT2D eigenvalue weighted by molar-refractivity contribution is -0.121. The number of hydrogen-bond donors (Lipinski definition) is 1. The minimum absolute atomic E-state index is 0.0885. The van der Waals surface area contributed by atoms with Crippen molar-refractivity contribution in [2.24, 2.45) is 0 Å². The molecule has 0 bridgehead atoms. The highest BCUT2D eigenvalue weighted by atomic mass is 35.5. The number of fused-ring (bicyclic) bond motifs is 1. The summed E-state index contributed by atoms with van der Waals surface area (Å²) in [4.78, 5) is 19.0. The highest BCUT2D eigenvalue weighted by molar-refractivity contribution is 7.89. The average molecular weight is 480 g/mol. The molecule has 170 valence electrons. The monoisotopic (exact) mass is 479 g/mol. The molecule has 2 heterocycles. The number of carbonyl (C=O) groups excluding carboxylic acids is 1. The first-order chi connectivity index (χ1) is 15.3. The zero-order valence-corrected chi connectivity index (χ0v) is 19.1. The van der Waals surface area contributed by atoms with Crippen LogP contribution in [0, 0.1) is 13.8 Å². The van der Waals surface area contributed by atoms with Crippen molar-refractivity contribution in [2.45, 2.75) is 18.7 Å². The number of aromatic nitrogens is 3. The first-order valence-electron chi connectivity index (χ1n) is 9.89. The number of anilines is 1. The molecule has 1 N–H and O–H groups in total. The summed E-state index contributed by atoms with van der Waals surface area (Å²) in [5.41, 5.74) is 3.08. The van der Waals surface area contributed by atoms with Gasteiger partial charge in [0, 0.05) is 13.1 Å². The molecule has 1 aromatic heterocycles. The maximum atomic E-state index is 12.9. The van der Waals surface area contributed by atoms with Crippen LogP contribution in [0.4, 0.5) is 5.69 Å². The molecule has 0 aliphatic carbocycles. The van der Waals surface area contributed by atoms with Gasteiger partial charge in [-0.05, 0) is 54.5 Å². The predicted octanol–water partition coefficient (Wildman–Crippen LogP) is 1.79. The lowest BCUT2D eigenvalue weighted by Gasteiger charge is -2.26. The van der Waals surface area contributed by atoms with Crippen LogP contribution in [0.25, 0.3) is 11.0 Å². The normalized spacial score (nSPS) is 15.1. The third-order valence-corrected chi connectivity index (χ3v) is 7.20. The molecule has 4 rings (SSSR count). The van der Waals surface area contributed by atoms with Crippen LogP contribution in [0.3, 0.4) is 0 Å². The van der Waals surface area contributed by atoms with Crippen LogP contribution in [0.1, 0.15) is 11.1 Å². The molecule has 0 unspecified atom stereocenters. The van der Waals surface area contributed by atoms with Crippen LogP contribution in [-0.4, -0.2) is 66.7 Å². The maximum absolute atomic E-state index is 12.9. The van der Waals surface area contributed by atoms with Crippen LogP contribution in [0.2, 0.25) is 5.02 Å². The minimum Gasteiger partial charge on any atom is -0.385 e. The summed E-state index contributed by atoms with van der Waals surface area (Å²) in [7, 11) is -3.70. The highest BCUT2D eigenvalue weighted by Crippen LogP contribution is 2.27. The smallest absolute Gasteiger partial charge is 0.265 e. The summed E-state index contributed by atoms with van der Waals surface area (Å²) in [6.07, 6.45) is 0. The van der Waals surface area contributed by atoms with Crippen LogP contribution < -0.4 is 10.2 Å². The molecule has 0 radical (unpaired) electrons. The van der Waals surface area contributed by atoms with Gasteiger partial charge < -0.3 is 14.9 Å². The van der Waals surface area contributed by atoms with Crippen molar-refractivity contribution in [3.05, 3.63) is 46.5 Å². The number of halogens is 1. The molecule has 2 aromatic carbocycles. The fourth-order valence-electron chi connectivity index (χ4n) is 3.44. The molecular weight excluding hydrogens is 458 g/mol. The van der Waals surface area contributed by atoms with Gasteiger partial charge in [-0.2, -0.15) is 4.31 Å². The summed E-state index contributed by atoms with van der Waals surface area (Å²) in [6, 6.07) is 8.11. The van der Waals surface area contributed by atoms with Gasteiger partial charge in [-0.25, -0.2) is 8.42 Å². The number of nitrogens with one attached hydrogen (secondary N) is 1. The lowest BCUT2D eigenvalue weighted by atomic mass is 10.1. The van der Waals surface area contributed by atoms with Gasteiger partial charge in [0.15, 0.2) is 6.61 Å². The quantitative estimate of drug-likeness (QED) is 0.573. The molecule has 1 aliphatic heterocycles. The number of benzene rings is 2. The van der Waals surface area contributed by atoms with Crippen molar-refractivity contribution >= 4 is 44.3 Å². The first kappa shape index (κ1) is 22.5. The van der Waals surface area contributed by atoms with Gasteiger partial charge in [-0.15, -0.1) is 5.10 Å². The van der Waals surface area contributed by atoms with Crippen molar-refractivity contribution in [3.63, 3.8) is 0 Å². The van der Waals surface area contributed by atoms with Gasteiger partial charge in [0.25, 0.3) is 5.91 Å². The molecule has 3 aromatic rings. The topological polar surface area (TPSA) is 116 Å². The third-order valence-electron chi connectivity index (χ3n) is 5.01. The summed E-state index contributed by atoms with van der Waals surface area (Å²) < 4.78 is 32.4. The van der Waals surface area contributed by atoms with E-state index in [0.717, 1.165) is 16.0 Å². The molecule has 1 amide bonds. The summed E-state index contributed by atoms with van der Waals surface area (Å²) in [5, 5.41) is 11.0. The van der Waals surface area contributed by atoms with Gasteiger partial charge in [0.1, 0.15) is 11.0 Å². The van der Waals surface area contributed by atoms with Gasteiger partial charge in [0.05, 0.1) is 28.8 Å². The number of hydrogen-bond acceptors (Lipinski definition) is 7. The Labute approximate surface area is 190 Å². The number of sulfonamides is 1. The predicted molar refractivity (Wildman–Crippen MR) is 118 cm³/mol. The van der Waals surface area contributed by atoms with E-state index in [4.69, 9.17) is 21.2 Å². The third kappa shape index (κ3) is 4.56. The van der Waals surface area contributed by atoms with Crippen molar-refractivity contribution in [1.29, 1.82) is 0 Å². The summed E-state index contributed by atoms with van der Waals surface area (Å²) in [5.74, 6) is -0.445. The second-order valence-electron chi connectivity index (χ2n) is 7.39. The van der Waals surface area contributed by atoms with Crippen LogP contribution in [0.15, 0.2) is 35.2 Å². The molecule has 12 heteroatoms. The van der Waals surface area contributed by atoms with Crippen molar-refractivity contribution < 1.29 is 22.8 Å². The molecule has 0 spiro atoms. The van der Waals surface area contributed by atoms with Gasteiger partial charge >= 0.3 is 0 Å². The van der Waals surface area contributed by atoms with Crippen LogP contribution in [-0.2, 0) is 19.6 Å². The lowest BCUT2D eigenvalue weighted by Crippen LogP contribution is -2.40. The molecule has 32 heavy (non-hydrogen) atoms. The van der Waals surface area contributed by atoms with E-state index >= 15 is 0 Å². The Hall–Kier alpha value is -2.73. The zero-order valence-electron chi connectivity index (χ0n) is 17.5. The van der Waals surface area contributed by atoms with E-state index in [1.54, 1.807) is 12.1 Å². The number of nitrogens with zero attached hydrogens (tertiary/aromatic N) is 4. The van der Waals surface area contributed by atoms with E-state index in [-0.39, 0.29) is 24.6 Å². The van der Waals surface area contributed by atoms with Crippen molar-refractivity contribution in [1.82, 2.24) is 19.5 Å². The number of carbonyl (C=O) groups is 1. The van der Waals surface area contributed by atoms with Crippen molar-refractivity contribution in [2.75, 3.05) is 38.2 Å². The van der Waals surface area contributed by atoms with Crippen molar-refractivity contribution in [3.8, 4) is 0 Å². The first-order valence-corrected chi connectivity index (χ1v) is 11.7. The summed E-state index contributed by atoms with van der Waals surface area (Å²) >= 11 is 6.23. The molecule has 0 atom stereocenters. The van der Waals surface area contributed by atoms with E-state index in [9.17, 15) is 13.2 Å². The highest BCUT2D eigenvalue weighted by Gasteiger charge is 2.27. The Bertz CT molecular complexity index is 1250. The molecule has 1 aliphatic rings. The minimum atomic E-state index is -3.70. The molecule has 1 saturated heterocycles. The molecular formula is C20H22ClN5O5S. The fourth-order valence-corrected chi connectivity index (χ4v) is 5.24. The molecule has 0 saturated carbocycles. The number of morpholine rings is 1. The number of rotatable bonds is 6. The van der Waals surface area contributed by atoms with E-state index < -0.39 is 15.9 Å². The SMILES string of the molecule is Cc1cc(C)c(NC(=O)COn2nnc3ccc(S(=O)(=O)N4CCOCC4)cc32)c(Cl)c1. The Morgan fingerprint density at radius 2 is 1.97 bits per heavy atom. The molecule has 1 fully saturated rings. The average Bonchev–Trinajstić information content (AvgIpc) is 3.17. The Kier molecular flexibility index (Phi) is 6.33. The number of aryl methyl sites for hydroxylation is 2. The second-order valence-corrected chi connectivity index (χ2v) is 9.73. The zero-order chi connectivity index (χ0) is 22.9. The maximum Gasteiger partial charge on any atom is 0.265 e. The Morgan fingerprint density at radius 1 is 1.22 bits per heavy atom. The number of amides is 1. The summed E-state index contributed by atoms with van der Waals surface area (Å²) in [6.45, 7) is 4.66. The van der Waals surface area contributed by atoms with Crippen LogP contribution >= 0.6 is 11.6 Å². The second kappa shape index (κ2) is 9.02. The van der Waals surface area contributed by atoms with E-state index in [2.05, 4.69) is 15.6 Å². The van der Waals surface area contributed by atoms with E-state index in [1.807, 2.05) is 19.9 Å². The van der Waals surface area contributed by atoms with E-state index in [1.165, 1.54) is 16.4 Å². The largest absolute Gasteiger partial charge is 0.385 e.